The highest BCUT2D eigenvalue weighted by molar-refractivity contribution is 7.89. The van der Waals surface area contributed by atoms with E-state index in [0.29, 0.717) is 5.69 Å². The fraction of sp³-hybridized carbons (Fsp3) is 0.409. The minimum absolute atomic E-state index is 0.00746. The number of carbonyl (C=O) groups is 1. The molecule has 0 saturated carbocycles. The molecule has 6 nitrogen and oxygen atoms in total. The lowest BCUT2D eigenvalue weighted by atomic mass is 10.1. The number of sulfonamides is 1. The Balaban J connectivity index is 1.90. The van der Waals surface area contributed by atoms with Gasteiger partial charge in [-0.05, 0) is 76.4 Å². The van der Waals surface area contributed by atoms with E-state index in [9.17, 15) is 17.6 Å². The highest BCUT2D eigenvalue weighted by atomic mass is 35.5. The summed E-state index contributed by atoms with van der Waals surface area (Å²) < 4.78 is 41.9. The van der Waals surface area contributed by atoms with Crippen LogP contribution in [0.15, 0.2) is 41.3 Å². The second kappa shape index (κ2) is 9.14. The molecule has 3 rings (SSSR count). The third-order valence-corrected chi connectivity index (χ3v) is 7.07. The summed E-state index contributed by atoms with van der Waals surface area (Å²) in [4.78, 5) is 14.9. The smallest absolute Gasteiger partial charge is 0.255 e. The molecule has 2 aromatic rings. The van der Waals surface area contributed by atoms with Gasteiger partial charge in [-0.3, -0.25) is 4.79 Å². The van der Waals surface area contributed by atoms with Crippen LogP contribution in [0.3, 0.4) is 0 Å². The molecular weight excluding hydrogens is 441 g/mol. The largest absolute Gasteiger partial charge is 0.370 e. The first-order chi connectivity index (χ1) is 14.5. The number of rotatable bonds is 5. The molecule has 0 spiro atoms. The molecule has 31 heavy (non-hydrogen) atoms. The summed E-state index contributed by atoms with van der Waals surface area (Å²) in [6.45, 7) is 6.79. The van der Waals surface area contributed by atoms with Gasteiger partial charge in [0.15, 0.2) is 0 Å². The van der Waals surface area contributed by atoms with Crippen molar-refractivity contribution in [3.63, 3.8) is 0 Å². The molecule has 0 unspecified atom stereocenters. The third kappa shape index (κ3) is 5.96. The summed E-state index contributed by atoms with van der Waals surface area (Å²) in [6, 6.07) is 8.33. The number of carbonyl (C=O) groups excluding carboxylic acids is 1. The zero-order chi connectivity index (χ0) is 22.8. The second-order valence-electron chi connectivity index (χ2n) is 8.66. The molecule has 9 heteroatoms. The Hall–Kier alpha value is -2.16. The SMILES string of the molecule is CC(C)(C)NS(=O)(=O)c1cc(C(=O)Nc2cc(F)ccc2N2CCCCC2)ccc1Cl. The third-order valence-electron chi connectivity index (χ3n) is 4.83. The zero-order valence-electron chi connectivity index (χ0n) is 17.8. The van der Waals surface area contributed by atoms with Crippen molar-refractivity contribution in [2.24, 2.45) is 0 Å². The number of hydrogen-bond donors (Lipinski definition) is 2. The van der Waals surface area contributed by atoms with E-state index in [1.165, 1.54) is 30.3 Å². The van der Waals surface area contributed by atoms with Crippen LogP contribution in [0, 0.1) is 5.82 Å². The van der Waals surface area contributed by atoms with Gasteiger partial charge in [0.05, 0.1) is 16.4 Å². The van der Waals surface area contributed by atoms with E-state index in [1.54, 1.807) is 26.8 Å². The van der Waals surface area contributed by atoms with Crippen LogP contribution in [0.5, 0.6) is 0 Å². The topological polar surface area (TPSA) is 78.5 Å². The number of benzene rings is 2. The van der Waals surface area contributed by atoms with E-state index in [-0.39, 0.29) is 15.5 Å². The van der Waals surface area contributed by atoms with E-state index >= 15 is 0 Å². The summed E-state index contributed by atoms with van der Waals surface area (Å²) in [5, 5.41) is 2.74. The number of halogens is 2. The van der Waals surface area contributed by atoms with Gasteiger partial charge in [0.2, 0.25) is 10.0 Å². The van der Waals surface area contributed by atoms with Crippen LogP contribution in [-0.2, 0) is 10.0 Å². The van der Waals surface area contributed by atoms with Crippen LogP contribution < -0.4 is 14.9 Å². The minimum atomic E-state index is -3.94. The van der Waals surface area contributed by atoms with Gasteiger partial charge in [0.1, 0.15) is 10.7 Å². The van der Waals surface area contributed by atoms with Crippen LogP contribution in [0.2, 0.25) is 5.02 Å². The molecule has 0 atom stereocenters. The summed E-state index contributed by atoms with van der Waals surface area (Å²) in [6.07, 6.45) is 3.21. The minimum Gasteiger partial charge on any atom is -0.370 e. The molecular formula is C22H27ClFN3O3S. The van der Waals surface area contributed by atoms with Crippen LogP contribution in [0.25, 0.3) is 0 Å². The van der Waals surface area contributed by atoms with Crippen LogP contribution in [0.1, 0.15) is 50.4 Å². The van der Waals surface area contributed by atoms with Crippen LogP contribution in [0.4, 0.5) is 15.8 Å². The van der Waals surface area contributed by atoms with Crippen molar-refractivity contribution in [2.75, 3.05) is 23.3 Å². The van der Waals surface area contributed by atoms with Crippen LogP contribution >= 0.6 is 11.6 Å². The van der Waals surface area contributed by atoms with Crippen molar-refractivity contribution in [3.8, 4) is 0 Å². The average Bonchev–Trinajstić information content (AvgIpc) is 2.67. The first kappa shape index (κ1) is 23.5. The van der Waals surface area contributed by atoms with E-state index in [0.717, 1.165) is 38.0 Å². The Labute approximate surface area is 187 Å². The predicted octanol–water partition coefficient (Wildman–Crippen LogP) is 4.80. The first-order valence-electron chi connectivity index (χ1n) is 10.2. The van der Waals surface area contributed by atoms with Crippen molar-refractivity contribution >= 4 is 38.9 Å². The summed E-state index contributed by atoms with van der Waals surface area (Å²) >= 11 is 6.11. The zero-order valence-corrected chi connectivity index (χ0v) is 19.4. The van der Waals surface area contributed by atoms with Crippen molar-refractivity contribution < 1.29 is 17.6 Å². The number of hydrogen-bond acceptors (Lipinski definition) is 4. The van der Waals surface area contributed by atoms with E-state index in [4.69, 9.17) is 11.6 Å². The Morgan fingerprint density at radius 2 is 1.74 bits per heavy atom. The van der Waals surface area contributed by atoms with E-state index < -0.39 is 27.3 Å². The van der Waals surface area contributed by atoms with Gasteiger partial charge in [-0.1, -0.05) is 11.6 Å². The molecule has 2 aromatic carbocycles. The molecule has 0 bridgehead atoms. The molecule has 1 fully saturated rings. The van der Waals surface area contributed by atoms with E-state index in [2.05, 4.69) is 14.9 Å². The van der Waals surface area contributed by atoms with Gasteiger partial charge in [0, 0.05) is 24.2 Å². The maximum absolute atomic E-state index is 13.9. The van der Waals surface area contributed by atoms with Crippen molar-refractivity contribution in [1.82, 2.24) is 4.72 Å². The summed E-state index contributed by atoms with van der Waals surface area (Å²) in [7, 11) is -3.94. The monoisotopic (exact) mass is 467 g/mol. The quantitative estimate of drug-likeness (QED) is 0.662. The van der Waals surface area contributed by atoms with Gasteiger partial charge in [0.25, 0.3) is 5.91 Å². The van der Waals surface area contributed by atoms with Gasteiger partial charge >= 0.3 is 0 Å². The number of anilines is 2. The highest BCUT2D eigenvalue weighted by Crippen LogP contribution is 2.30. The lowest BCUT2D eigenvalue weighted by Crippen LogP contribution is -2.40. The molecule has 1 heterocycles. The maximum atomic E-state index is 13.9. The molecule has 2 N–H and O–H groups in total. The fourth-order valence-electron chi connectivity index (χ4n) is 3.52. The molecule has 1 aliphatic heterocycles. The van der Waals surface area contributed by atoms with Crippen LogP contribution in [-0.4, -0.2) is 33.0 Å². The average molecular weight is 468 g/mol. The molecule has 1 saturated heterocycles. The van der Waals surface area contributed by atoms with E-state index in [1.807, 2.05) is 0 Å². The maximum Gasteiger partial charge on any atom is 0.255 e. The molecule has 0 aliphatic carbocycles. The lowest BCUT2D eigenvalue weighted by molar-refractivity contribution is 0.102. The Kier molecular flexibility index (Phi) is 6.93. The standard InChI is InChI=1S/C22H27ClFN3O3S/c1-22(2,3)26-31(29,30)20-13-15(7-9-17(20)23)21(28)25-18-14-16(24)8-10-19(18)27-11-5-4-6-12-27/h7-10,13-14,26H,4-6,11-12H2,1-3H3,(H,25,28). The Morgan fingerprint density at radius 3 is 2.39 bits per heavy atom. The Bertz CT molecular complexity index is 1080. The molecule has 168 valence electrons. The second-order valence-corrected chi connectivity index (χ2v) is 10.7. The molecule has 0 radical (unpaired) electrons. The first-order valence-corrected chi connectivity index (χ1v) is 12.0. The predicted molar refractivity (Wildman–Crippen MR) is 122 cm³/mol. The van der Waals surface area contributed by atoms with Crippen molar-refractivity contribution in [1.29, 1.82) is 0 Å². The summed E-state index contributed by atoms with van der Waals surface area (Å²) in [5.41, 5.74) is 0.475. The Morgan fingerprint density at radius 1 is 1.06 bits per heavy atom. The lowest BCUT2D eigenvalue weighted by Gasteiger charge is -2.30. The van der Waals surface area contributed by atoms with Gasteiger partial charge in [-0.2, -0.15) is 0 Å². The van der Waals surface area contributed by atoms with Gasteiger partial charge < -0.3 is 10.2 Å². The van der Waals surface area contributed by atoms with Crippen molar-refractivity contribution in [2.45, 2.75) is 50.5 Å². The molecule has 0 aromatic heterocycles. The normalized spacial score (nSPS) is 15.1. The highest BCUT2D eigenvalue weighted by Gasteiger charge is 2.26. The number of nitrogens with zero attached hydrogens (tertiary/aromatic N) is 1. The molecule has 1 aliphatic rings. The van der Waals surface area contributed by atoms with Crippen molar-refractivity contribution in [3.05, 3.63) is 52.8 Å². The van der Waals surface area contributed by atoms with Gasteiger partial charge in [-0.15, -0.1) is 0 Å². The number of nitrogens with one attached hydrogen (secondary N) is 2. The fourth-order valence-corrected chi connectivity index (χ4v) is 5.47. The number of amides is 1. The van der Waals surface area contributed by atoms with Gasteiger partial charge in [-0.25, -0.2) is 17.5 Å². The molecule has 1 amide bonds. The number of piperidine rings is 1. The summed E-state index contributed by atoms with van der Waals surface area (Å²) in [5.74, 6) is -1.02.